The lowest BCUT2D eigenvalue weighted by Crippen LogP contribution is -2.53. The van der Waals surface area contributed by atoms with Crippen molar-refractivity contribution < 1.29 is 0 Å². The van der Waals surface area contributed by atoms with Gasteiger partial charge in [-0.15, -0.1) is 11.3 Å². The molecule has 0 spiro atoms. The molecule has 0 amide bonds. The van der Waals surface area contributed by atoms with Gasteiger partial charge in [0.15, 0.2) is 5.96 Å². The number of nitrogens with one attached hydrogen (secondary N) is 2. The molecule has 0 aromatic carbocycles. The Morgan fingerprint density at radius 3 is 2.84 bits per heavy atom. The van der Waals surface area contributed by atoms with E-state index in [1.54, 1.807) is 11.3 Å². The van der Waals surface area contributed by atoms with Crippen molar-refractivity contribution in [2.45, 2.75) is 70.4 Å². The van der Waals surface area contributed by atoms with Crippen molar-refractivity contribution >= 4 is 17.3 Å². The molecule has 25 heavy (non-hydrogen) atoms. The zero-order chi connectivity index (χ0) is 17.5. The summed E-state index contributed by atoms with van der Waals surface area (Å²) in [6, 6.07) is 1.34. The molecule has 1 aliphatic carbocycles. The van der Waals surface area contributed by atoms with Crippen LogP contribution in [0.2, 0.25) is 0 Å². The second kappa shape index (κ2) is 9.53. The van der Waals surface area contributed by atoms with Gasteiger partial charge in [0.1, 0.15) is 0 Å². The van der Waals surface area contributed by atoms with Crippen molar-refractivity contribution in [2.75, 3.05) is 26.7 Å². The highest BCUT2D eigenvalue weighted by Crippen LogP contribution is 2.25. The number of piperidine rings is 1. The number of hydrogen-bond donors (Lipinski definition) is 2. The van der Waals surface area contributed by atoms with Crippen LogP contribution in [-0.4, -0.2) is 54.6 Å². The van der Waals surface area contributed by atoms with E-state index in [1.807, 2.05) is 13.2 Å². The number of guanidine groups is 1. The third kappa shape index (κ3) is 5.68. The Labute approximate surface area is 156 Å². The second-order valence-electron chi connectivity index (χ2n) is 7.38. The zero-order valence-corrected chi connectivity index (χ0v) is 16.6. The monoisotopic (exact) mass is 363 g/mol. The van der Waals surface area contributed by atoms with E-state index in [9.17, 15) is 0 Å². The largest absolute Gasteiger partial charge is 0.356 e. The van der Waals surface area contributed by atoms with Crippen molar-refractivity contribution in [3.8, 4) is 0 Å². The number of aliphatic imine (C=N–C) groups is 1. The number of likely N-dealkylation sites (tertiary alicyclic amines) is 1. The van der Waals surface area contributed by atoms with Crippen LogP contribution in [0.15, 0.2) is 11.2 Å². The quantitative estimate of drug-likeness (QED) is 0.624. The van der Waals surface area contributed by atoms with Crippen LogP contribution < -0.4 is 10.6 Å². The van der Waals surface area contributed by atoms with Gasteiger partial charge in [0.2, 0.25) is 0 Å². The van der Waals surface area contributed by atoms with Gasteiger partial charge in [-0.2, -0.15) is 0 Å². The van der Waals surface area contributed by atoms with E-state index in [0.29, 0.717) is 6.04 Å². The minimum Gasteiger partial charge on any atom is -0.356 e. The topological polar surface area (TPSA) is 52.6 Å². The summed E-state index contributed by atoms with van der Waals surface area (Å²) in [4.78, 5) is 12.9. The van der Waals surface area contributed by atoms with Crippen molar-refractivity contribution in [3.05, 3.63) is 16.1 Å². The lowest BCUT2D eigenvalue weighted by atomic mass is 9.92. The molecule has 3 rings (SSSR count). The maximum atomic E-state index is 4.43. The summed E-state index contributed by atoms with van der Waals surface area (Å²) in [5.41, 5.74) is 0. The average Bonchev–Trinajstić information content (AvgIpc) is 3.07. The van der Waals surface area contributed by atoms with Crippen molar-refractivity contribution in [1.82, 2.24) is 20.5 Å². The molecule has 5 nitrogen and oxygen atoms in total. The Balaban J connectivity index is 1.42. The fourth-order valence-electron chi connectivity index (χ4n) is 4.09. The van der Waals surface area contributed by atoms with Crippen LogP contribution in [0.4, 0.5) is 0 Å². The summed E-state index contributed by atoms with van der Waals surface area (Å²) in [5.74, 6) is 0.934. The van der Waals surface area contributed by atoms with E-state index in [2.05, 4.69) is 32.4 Å². The van der Waals surface area contributed by atoms with Crippen molar-refractivity contribution in [1.29, 1.82) is 0 Å². The number of thiazole rings is 1. The summed E-state index contributed by atoms with van der Waals surface area (Å²) in [6.45, 7) is 5.43. The molecule has 1 saturated carbocycles. The zero-order valence-electron chi connectivity index (χ0n) is 15.8. The van der Waals surface area contributed by atoms with Gasteiger partial charge >= 0.3 is 0 Å². The summed E-state index contributed by atoms with van der Waals surface area (Å²) in [7, 11) is 1.87. The molecular formula is C19H33N5S. The molecule has 2 heterocycles. The smallest absolute Gasteiger partial charge is 0.191 e. The van der Waals surface area contributed by atoms with Gasteiger partial charge in [-0.3, -0.25) is 9.89 Å². The standard InChI is InChI=1S/C19H33N5S/c1-15-13-22-18(25-15)10-11-21-19(20-2)23-16-7-6-12-24(14-16)17-8-4-3-5-9-17/h13,16-17H,3-12,14H2,1-2H3,(H2,20,21,23). The molecule has 2 aliphatic rings. The maximum absolute atomic E-state index is 4.43. The molecule has 2 N–H and O–H groups in total. The highest BCUT2D eigenvalue weighted by Gasteiger charge is 2.27. The van der Waals surface area contributed by atoms with Crippen LogP contribution in [0.5, 0.6) is 0 Å². The first-order chi connectivity index (χ1) is 12.2. The summed E-state index contributed by atoms with van der Waals surface area (Å²) < 4.78 is 0. The maximum Gasteiger partial charge on any atom is 0.191 e. The van der Waals surface area contributed by atoms with E-state index >= 15 is 0 Å². The predicted octanol–water partition coefficient (Wildman–Crippen LogP) is 2.96. The van der Waals surface area contributed by atoms with Crippen molar-refractivity contribution in [2.24, 2.45) is 4.99 Å². The van der Waals surface area contributed by atoms with E-state index in [1.165, 1.54) is 61.4 Å². The molecule has 1 aromatic rings. The van der Waals surface area contributed by atoms with E-state index in [-0.39, 0.29) is 0 Å². The third-order valence-electron chi connectivity index (χ3n) is 5.41. The Hall–Kier alpha value is -1.14. The Morgan fingerprint density at radius 2 is 2.12 bits per heavy atom. The van der Waals surface area contributed by atoms with E-state index < -0.39 is 0 Å². The van der Waals surface area contributed by atoms with Gasteiger partial charge in [0, 0.05) is 49.7 Å². The molecule has 1 atom stereocenters. The average molecular weight is 364 g/mol. The number of rotatable bonds is 5. The van der Waals surface area contributed by atoms with Crippen LogP contribution in [0.1, 0.15) is 54.8 Å². The van der Waals surface area contributed by atoms with Crippen LogP contribution in [0.25, 0.3) is 0 Å². The van der Waals surface area contributed by atoms with Gasteiger partial charge in [-0.05, 0) is 39.2 Å². The summed E-state index contributed by atoms with van der Waals surface area (Å²) >= 11 is 1.78. The van der Waals surface area contributed by atoms with Crippen molar-refractivity contribution in [3.63, 3.8) is 0 Å². The van der Waals surface area contributed by atoms with Gasteiger partial charge in [0.25, 0.3) is 0 Å². The fourth-order valence-corrected chi connectivity index (χ4v) is 4.88. The molecule has 1 aliphatic heterocycles. The third-order valence-corrected chi connectivity index (χ3v) is 6.38. The van der Waals surface area contributed by atoms with Gasteiger partial charge in [-0.1, -0.05) is 19.3 Å². The number of hydrogen-bond acceptors (Lipinski definition) is 4. The second-order valence-corrected chi connectivity index (χ2v) is 8.70. The molecule has 0 radical (unpaired) electrons. The van der Waals surface area contributed by atoms with Crippen LogP contribution in [0.3, 0.4) is 0 Å². The number of aromatic nitrogens is 1. The van der Waals surface area contributed by atoms with Gasteiger partial charge in [0.05, 0.1) is 5.01 Å². The Kier molecular flexibility index (Phi) is 7.11. The molecule has 2 fully saturated rings. The molecule has 1 saturated heterocycles. The summed E-state index contributed by atoms with van der Waals surface area (Å²) in [6.07, 6.45) is 12.5. The van der Waals surface area contributed by atoms with Gasteiger partial charge in [-0.25, -0.2) is 4.98 Å². The first-order valence-corrected chi connectivity index (χ1v) is 10.7. The lowest BCUT2D eigenvalue weighted by Gasteiger charge is -2.40. The highest BCUT2D eigenvalue weighted by molar-refractivity contribution is 7.11. The minimum absolute atomic E-state index is 0.518. The van der Waals surface area contributed by atoms with E-state index in [4.69, 9.17) is 0 Å². The highest BCUT2D eigenvalue weighted by atomic mass is 32.1. The molecule has 1 aromatic heterocycles. The van der Waals surface area contributed by atoms with Gasteiger partial charge < -0.3 is 10.6 Å². The summed E-state index contributed by atoms with van der Waals surface area (Å²) in [5, 5.41) is 8.30. The molecule has 0 bridgehead atoms. The molecule has 1 unspecified atom stereocenters. The Morgan fingerprint density at radius 1 is 1.28 bits per heavy atom. The van der Waals surface area contributed by atoms with E-state index in [0.717, 1.165) is 31.5 Å². The number of aryl methyl sites for hydroxylation is 1. The predicted molar refractivity (Wildman–Crippen MR) is 107 cm³/mol. The minimum atomic E-state index is 0.518. The SMILES string of the molecule is CN=C(NCCc1ncc(C)s1)NC1CCCN(C2CCCCC2)C1. The lowest BCUT2D eigenvalue weighted by molar-refractivity contribution is 0.115. The molecule has 140 valence electrons. The first-order valence-electron chi connectivity index (χ1n) is 9.87. The first kappa shape index (κ1) is 18.6. The van der Waals surface area contributed by atoms with Crippen LogP contribution in [-0.2, 0) is 6.42 Å². The fraction of sp³-hybridized carbons (Fsp3) is 0.789. The normalized spacial score (nSPS) is 23.6. The Bertz CT molecular complexity index is 550. The molecular weight excluding hydrogens is 330 g/mol. The number of nitrogens with zero attached hydrogens (tertiary/aromatic N) is 3. The molecule has 6 heteroatoms. The van der Waals surface area contributed by atoms with Crippen LogP contribution in [0, 0.1) is 6.92 Å². The van der Waals surface area contributed by atoms with Crippen LogP contribution >= 0.6 is 11.3 Å².